The molecule has 2 aromatic rings. The van der Waals surface area contributed by atoms with Crippen LogP contribution in [0.25, 0.3) is 0 Å². The summed E-state index contributed by atoms with van der Waals surface area (Å²) in [5, 5.41) is -0.0118. The quantitative estimate of drug-likeness (QED) is 0.121. The molecule has 1 atom stereocenters. The molecule has 44 heavy (non-hydrogen) atoms. The van der Waals surface area contributed by atoms with Gasteiger partial charge in [0.2, 0.25) is 0 Å². The number of aryl methyl sites for hydroxylation is 2. The van der Waals surface area contributed by atoms with Crippen LogP contribution < -0.4 is 4.74 Å². The maximum atomic E-state index is 14.1. The molecule has 2 aromatic carbocycles. The zero-order valence-electron chi connectivity index (χ0n) is 26.1. The van der Waals surface area contributed by atoms with Crippen LogP contribution in [0.3, 0.4) is 0 Å². The molecule has 246 valence electrons. The Morgan fingerprint density at radius 3 is 2.25 bits per heavy atom. The summed E-state index contributed by atoms with van der Waals surface area (Å²) in [5.74, 6) is -0.478. The molecule has 1 heterocycles. The average molecular weight is 666 g/mol. The van der Waals surface area contributed by atoms with Crippen LogP contribution in [0.1, 0.15) is 78.0 Å². The van der Waals surface area contributed by atoms with E-state index in [4.69, 9.17) is 34.6 Å². The average Bonchev–Trinajstić information content (AvgIpc) is 3.25. The molecule has 0 N–H and O–H groups in total. The van der Waals surface area contributed by atoms with Crippen LogP contribution in [-0.4, -0.2) is 42.5 Å². The van der Waals surface area contributed by atoms with Crippen LogP contribution in [0.2, 0.25) is 5.02 Å². The van der Waals surface area contributed by atoms with Crippen LogP contribution in [0.15, 0.2) is 41.4 Å². The minimum absolute atomic E-state index is 0.0118. The number of nitrogens with zero attached hydrogens (tertiary/aromatic N) is 1. The largest absolute Gasteiger partial charge is 0.493 e. The Kier molecular flexibility index (Phi) is 11.6. The number of aliphatic imine (C=N–C) groups is 1. The number of hydrogen-bond donors (Lipinski definition) is 0. The highest BCUT2D eigenvalue weighted by Gasteiger charge is 2.43. The fraction of sp³-hybridized carbons (Fsp3) is 0.581. The lowest BCUT2D eigenvalue weighted by atomic mass is 9.93. The van der Waals surface area contributed by atoms with Gasteiger partial charge in [-0.05, 0) is 96.6 Å². The first-order chi connectivity index (χ1) is 20.2. The standard InChI is InChI=1S/C31H41ClF4NO6P/c1-21-37-30(19-40-21,20-41-44(38,42-28(2,3)4)43-29(5,6)7)16-15-22-13-14-26(24(18-22)31(34,35)36)39-17-9-11-23-10-8-12-25(32)27(23)33/h8,10,12-14,18H,9,11,15-17,19-20H2,1-7H3. The molecule has 0 bridgehead atoms. The molecule has 1 aliphatic rings. The first kappa shape index (κ1) is 36.3. The Morgan fingerprint density at radius 2 is 1.68 bits per heavy atom. The van der Waals surface area contributed by atoms with E-state index in [2.05, 4.69) is 4.99 Å². The van der Waals surface area contributed by atoms with Crippen molar-refractivity contribution in [1.82, 2.24) is 0 Å². The first-order valence-corrected chi connectivity index (χ1v) is 16.1. The highest BCUT2D eigenvalue weighted by atomic mass is 35.5. The van der Waals surface area contributed by atoms with E-state index >= 15 is 0 Å². The Balaban J connectivity index is 1.72. The van der Waals surface area contributed by atoms with Crippen molar-refractivity contribution in [2.75, 3.05) is 19.8 Å². The Labute approximate surface area is 261 Å². The van der Waals surface area contributed by atoms with Crippen LogP contribution in [-0.2, 0) is 41.9 Å². The maximum Gasteiger partial charge on any atom is 0.475 e. The third-order valence-corrected chi connectivity index (χ3v) is 8.59. The highest BCUT2D eigenvalue weighted by Crippen LogP contribution is 2.56. The molecule has 0 spiro atoms. The van der Waals surface area contributed by atoms with Crippen molar-refractivity contribution in [3.63, 3.8) is 0 Å². The molecule has 0 radical (unpaired) electrons. The van der Waals surface area contributed by atoms with Crippen LogP contribution >= 0.6 is 19.4 Å². The molecule has 13 heteroatoms. The van der Waals surface area contributed by atoms with E-state index in [0.29, 0.717) is 17.0 Å². The number of halogens is 5. The molecule has 0 saturated heterocycles. The predicted molar refractivity (Wildman–Crippen MR) is 162 cm³/mol. The summed E-state index contributed by atoms with van der Waals surface area (Å²) < 4.78 is 98.0. The number of rotatable bonds is 13. The van der Waals surface area contributed by atoms with E-state index in [-0.39, 0.29) is 56.3 Å². The molecule has 0 fully saturated rings. The van der Waals surface area contributed by atoms with Gasteiger partial charge in [-0.15, -0.1) is 0 Å². The van der Waals surface area contributed by atoms with E-state index in [9.17, 15) is 22.1 Å². The second-order valence-corrected chi connectivity index (χ2v) is 14.7. The SMILES string of the molecule is CC1=NC(CCc2ccc(OCCCc3cccc(Cl)c3F)c(C(F)(F)F)c2)(COP(=O)(OC(C)(C)C)OC(C)(C)C)CO1. The third kappa shape index (κ3) is 11.0. The van der Waals surface area contributed by atoms with Gasteiger partial charge in [0, 0.05) is 6.92 Å². The second-order valence-electron chi connectivity index (χ2n) is 12.8. The number of hydrogen-bond acceptors (Lipinski definition) is 7. The zero-order valence-corrected chi connectivity index (χ0v) is 27.8. The smallest absolute Gasteiger partial charge is 0.475 e. The first-order valence-electron chi connectivity index (χ1n) is 14.3. The number of phosphoric ester groups is 1. The van der Waals surface area contributed by atoms with Gasteiger partial charge in [-0.2, -0.15) is 13.2 Å². The van der Waals surface area contributed by atoms with Gasteiger partial charge in [0.25, 0.3) is 0 Å². The van der Waals surface area contributed by atoms with Gasteiger partial charge >= 0.3 is 14.0 Å². The topological polar surface area (TPSA) is 75.6 Å². The Morgan fingerprint density at radius 1 is 1.02 bits per heavy atom. The van der Waals surface area contributed by atoms with Crippen molar-refractivity contribution in [2.24, 2.45) is 4.99 Å². The molecule has 7 nitrogen and oxygen atoms in total. The van der Waals surface area contributed by atoms with Crippen molar-refractivity contribution in [2.45, 2.75) is 97.1 Å². The molecular weight excluding hydrogens is 625 g/mol. The van der Waals surface area contributed by atoms with Gasteiger partial charge in [0.05, 0.1) is 35.0 Å². The van der Waals surface area contributed by atoms with E-state index in [0.717, 1.165) is 6.07 Å². The lowest BCUT2D eigenvalue weighted by molar-refractivity contribution is -0.139. The zero-order chi connectivity index (χ0) is 33.0. The molecule has 3 rings (SSSR count). The van der Waals surface area contributed by atoms with Gasteiger partial charge < -0.3 is 9.47 Å². The third-order valence-electron chi connectivity index (χ3n) is 6.32. The lowest BCUT2D eigenvalue weighted by Gasteiger charge is -2.33. The summed E-state index contributed by atoms with van der Waals surface area (Å²) in [6.07, 6.45) is -3.70. The van der Waals surface area contributed by atoms with Crippen LogP contribution in [0.5, 0.6) is 5.75 Å². The minimum atomic E-state index is -4.67. The van der Waals surface area contributed by atoms with Gasteiger partial charge in [0.15, 0.2) is 5.90 Å². The van der Waals surface area contributed by atoms with E-state index in [1.165, 1.54) is 12.1 Å². The van der Waals surface area contributed by atoms with Gasteiger partial charge in [0.1, 0.15) is 23.7 Å². The Hall–Kier alpha value is -2.17. The van der Waals surface area contributed by atoms with Crippen LogP contribution in [0, 0.1) is 5.82 Å². The summed E-state index contributed by atoms with van der Waals surface area (Å²) in [5.41, 5.74) is -2.87. The lowest BCUT2D eigenvalue weighted by Crippen LogP contribution is -2.36. The molecule has 0 aromatic heterocycles. The van der Waals surface area contributed by atoms with E-state index in [1.54, 1.807) is 66.7 Å². The normalized spacial score (nSPS) is 17.9. The summed E-state index contributed by atoms with van der Waals surface area (Å²) in [6, 6.07) is 8.49. The molecule has 0 aliphatic carbocycles. The van der Waals surface area contributed by atoms with Gasteiger partial charge in [-0.1, -0.05) is 29.8 Å². The summed E-state index contributed by atoms with van der Waals surface area (Å²) in [7, 11) is -4.07. The van der Waals surface area contributed by atoms with Crippen molar-refractivity contribution < 1.29 is 45.2 Å². The van der Waals surface area contributed by atoms with E-state index < -0.39 is 42.1 Å². The summed E-state index contributed by atoms with van der Waals surface area (Å²) >= 11 is 5.80. The van der Waals surface area contributed by atoms with Crippen molar-refractivity contribution in [1.29, 1.82) is 0 Å². The minimum Gasteiger partial charge on any atom is -0.493 e. The summed E-state index contributed by atoms with van der Waals surface area (Å²) in [6.45, 7) is 11.8. The number of phosphoric acid groups is 1. The van der Waals surface area contributed by atoms with Crippen molar-refractivity contribution in [3.8, 4) is 5.75 Å². The van der Waals surface area contributed by atoms with Gasteiger partial charge in [-0.3, -0.25) is 13.6 Å². The second kappa shape index (κ2) is 14.1. The van der Waals surface area contributed by atoms with Crippen molar-refractivity contribution >= 4 is 25.3 Å². The van der Waals surface area contributed by atoms with Crippen LogP contribution in [0.4, 0.5) is 17.6 Å². The fourth-order valence-corrected chi connectivity index (χ4v) is 6.57. The molecule has 1 unspecified atom stereocenters. The monoisotopic (exact) mass is 665 g/mol. The molecule has 0 amide bonds. The maximum absolute atomic E-state index is 14.1. The van der Waals surface area contributed by atoms with Crippen molar-refractivity contribution in [3.05, 3.63) is 63.9 Å². The molecule has 0 saturated carbocycles. The fourth-order valence-electron chi connectivity index (χ4n) is 4.50. The molecular formula is C31H41ClF4NO6P. The predicted octanol–water partition coefficient (Wildman–Crippen LogP) is 9.38. The Bertz CT molecular complexity index is 1350. The number of benzene rings is 2. The molecule has 1 aliphatic heterocycles. The van der Waals surface area contributed by atoms with Gasteiger partial charge in [-0.25, -0.2) is 13.9 Å². The highest BCUT2D eigenvalue weighted by molar-refractivity contribution is 7.48. The van der Waals surface area contributed by atoms with E-state index in [1.807, 2.05) is 0 Å². The summed E-state index contributed by atoms with van der Waals surface area (Å²) in [4.78, 5) is 4.56. The number of alkyl halides is 3. The number of ether oxygens (including phenoxy) is 2.